The fourth-order valence-corrected chi connectivity index (χ4v) is 2.53. The first kappa shape index (κ1) is 14.1. The molecule has 1 saturated heterocycles. The van der Waals surface area contributed by atoms with E-state index in [9.17, 15) is 4.79 Å². The molecule has 1 fully saturated rings. The average Bonchev–Trinajstić information content (AvgIpc) is 2.38. The maximum absolute atomic E-state index is 12.5. The molecule has 5 nitrogen and oxygen atoms in total. The smallest absolute Gasteiger partial charge is 0.293 e. The van der Waals surface area contributed by atoms with Crippen molar-refractivity contribution in [3.8, 4) is 0 Å². The summed E-state index contributed by atoms with van der Waals surface area (Å²) in [5.41, 5.74) is -0.198. The second-order valence-corrected chi connectivity index (χ2v) is 6.15. The molecule has 0 bridgehead atoms. The monoisotopic (exact) mass is 264 g/mol. The lowest BCUT2D eigenvalue weighted by Crippen LogP contribution is -2.45. The molecule has 0 atom stereocenters. The molecular weight excluding hydrogens is 240 g/mol. The van der Waals surface area contributed by atoms with Gasteiger partial charge >= 0.3 is 0 Å². The number of nitrogens with zero attached hydrogens (tertiary/aromatic N) is 3. The van der Waals surface area contributed by atoms with Crippen LogP contribution in [0, 0.1) is 0 Å². The van der Waals surface area contributed by atoms with Gasteiger partial charge in [-0.3, -0.25) is 4.79 Å². The lowest BCUT2D eigenvalue weighted by atomic mass is 10.1. The van der Waals surface area contributed by atoms with Gasteiger partial charge in [0, 0.05) is 37.1 Å². The standard InChI is InChI=1S/C14H24N4O/c1-14(2,3)18-10-7-16-12(13(18)19)17-8-5-11(15-4)6-9-17/h7,10-11,15H,5-6,8-9H2,1-4H3. The molecule has 5 heteroatoms. The van der Waals surface area contributed by atoms with Crippen LogP contribution in [-0.4, -0.2) is 35.7 Å². The predicted octanol–water partition coefficient (Wildman–Crippen LogP) is 1.19. The van der Waals surface area contributed by atoms with Crippen molar-refractivity contribution >= 4 is 5.82 Å². The summed E-state index contributed by atoms with van der Waals surface area (Å²) >= 11 is 0. The zero-order chi connectivity index (χ0) is 14.0. The van der Waals surface area contributed by atoms with Crippen molar-refractivity contribution in [2.75, 3.05) is 25.0 Å². The van der Waals surface area contributed by atoms with Crippen LogP contribution in [0.3, 0.4) is 0 Å². The molecule has 0 unspecified atom stereocenters. The van der Waals surface area contributed by atoms with Crippen LogP contribution in [0.5, 0.6) is 0 Å². The first-order chi connectivity index (χ1) is 8.93. The highest BCUT2D eigenvalue weighted by Gasteiger charge is 2.23. The highest BCUT2D eigenvalue weighted by molar-refractivity contribution is 5.36. The molecule has 1 aromatic rings. The third-order valence-electron chi connectivity index (χ3n) is 3.75. The van der Waals surface area contributed by atoms with Gasteiger partial charge in [-0.2, -0.15) is 0 Å². The van der Waals surface area contributed by atoms with Gasteiger partial charge in [-0.25, -0.2) is 4.98 Å². The molecule has 2 rings (SSSR count). The molecule has 0 radical (unpaired) electrons. The Morgan fingerprint density at radius 1 is 1.32 bits per heavy atom. The van der Waals surface area contributed by atoms with Gasteiger partial charge in [0.25, 0.3) is 5.56 Å². The number of piperidine rings is 1. The minimum absolute atomic E-state index is 0.0120. The van der Waals surface area contributed by atoms with Crippen LogP contribution < -0.4 is 15.8 Å². The van der Waals surface area contributed by atoms with Crippen LogP contribution in [0.25, 0.3) is 0 Å². The largest absolute Gasteiger partial charge is 0.352 e. The van der Waals surface area contributed by atoms with Gasteiger partial charge in [0.15, 0.2) is 5.82 Å². The topological polar surface area (TPSA) is 50.2 Å². The van der Waals surface area contributed by atoms with E-state index in [-0.39, 0.29) is 11.1 Å². The predicted molar refractivity (Wildman–Crippen MR) is 77.8 cm³/mol. The van der Waals surface area contributed by atoms with E-state index in [1.807, 2.05) is 27.8 Å². The summed E-state index contributed by atoms with van der Waals surface area (Å²) in [7, 11) is 1.99. The van der Waals surface area contributed by atoms with Gasteiger partial charge in [-0.15, -0.1) is 0 Å². The van der Waals surface area contributed by atoms with E-state index in [2.05, 4.69) is 15.2 Å². The van der Waals surface area contributed by atoms with E-state index in [0.717, 1.165) is 25.9 Å². The minimum atomic E-state index is -0.210. The highest BCUT2D eigenvalue weighted by atomic mass is 16.1. The number of anilines is 1. The van der Waals surface area contributed by atoms with Gasteiger partial charge in [0.2, 0.25) is 0 Å². The lowest BCUT2D eigenvalue weighted by Gasteiger charge is -2.33. The van der Waals surface area contributed by atoms with Crippen molar-refractivity contribution in [3.63, 3.8) is 0 Å². The quantitative estimate of drug-likeness (QED) is 0.871. The van der Waals surface area contributed by atoms with Gasteiger partial charge in [-0.05, 0) is 40.7 Å². The molecule has 1 aliphatic heterocycles. The Balaban J connectivity index is 2.25. The second kappa shape index (κ2) is 5.33. The van der Waals surface area contributed by atoms with Crippen molar-refractivity contribution in [2.45, 2.75) is 45.2 Å². The summed E-state index contributed by atoms with van der Waals surface area (Å²) in [5, 5.41) is 3.30. The molecule has 0 aliphatic carbocycles. The van der Waals surface area contributed by atoms with Gasteiger partial charge in [-0.1, -0.05) is 0 Å². The zero-order valence-electron chi connectivity index (χ0n) is 12.3. The normalized spacial score (nSPS) is 17.8. The fourth-order valence-electron chi connectivity index (χ4n) is 2.53. The lowest BCUT2D eigenvalue weighted by molar-refractivity contribution is 0.380. The Hall–Kier alpha value is -1.36. The summed E-state index contributed by atoms with van der Waals surface area (Å²) in [5.74, 6) is 0.590. The zero-order valence-corrected chi connectivity index (χ0v) is 12.3. The van der Waals surface area contributed by atoms with Gasteiger partial charge in [0.1, 0.15) is 0 Å². The first-order valence-electron chi connectivity index (χ1n) is 6.94. The number of hydrogen-bond donors (Lipinski definition) is 1. The molecule has 2 heterocycles. The average molecular weight is 264 g/mol. The molecule has 0 spiro atoms. The fraction of sp³-hybridized carbons (Fsp3) is 0.714. The number of rotatable bonds is 2. The molecule has 0 saturated carbocycles. The Bertz CT molecular complexity index is 481. The van der Waals surface area contributed by atoms with E-state index in [4.69, 9.17) is 0 Å². The van der Waals surface area contributed by atoms with Gasteiger partial charge in [0.05, 0.1) is 0 Å². The highest BCUT2D eigenvalue weighted by Crippen LogP contribution is 2.16. The summed E-state index contributed by atoms with van der Waals surface area (Å²) in [6, 6.07) is 0.560. The van der Waals surface area contributed by atoms with E-state index in [1.165, 1.54) is 0 Å². The van der Waals surface area contributed by atoms with Crippen LogP contribution in [0.1, 0.15) is 33.6 Å². The number of aromatic nitrogens is 2. The van der Waals surface area contributed by atoms with Crippen molar-refractivity contribution in [1.82, 2.24) is 14.9 Å². The maximum Gasteiger partial charge on any atom is 0.293 e. The second-order valence-electron chi connectivity index (χ2n) is 6.15. The van der Waals surface area contributed by atoms with Gasteiger partial charge < -0.3 is 14.8 Å². The van der Waals surface area contributed by atoms with Crippen molar-refractivity contribution in [2.24, 2.45) is 0 Å². The van der Waals surface area contributed by atoms with Crippen LogP contribution in [0.2, 0.25) is 0 Å². The molecule has 106 valence electrons. The SMILES string of the molecule is CNC1CCN(c2nccn(C(C)(C)C)c2=O)CC1. The third-order valence-corrected chi connectivity index (χ3v) is 3.75. The summed E-state index contributed by atoms with van der Waals surface area (Å²) in [6.45, 7) is 7.88. The number of nitrogens with one attached hydrogen (secondary N) is 1. The molecule has 0 aromatic carbocycles. The molecule has 1 N–H and O–H groups in total. The van der Waals surface area contributed by atoms with E-state index in [0.29, 0.717) is 11.9 Å². The van der Waals surface area contributed by atoms with Crippen LogP contribution in [0.4, 0.5) is 5.82 Å². The van der Waals surface area contributed by atoms with E-state index >= 15 is 0 Å². The maximum atomic E-state index is 12.5. The Morgan fingerprint density at radius 2 is 1.95 bits per heavy atom. The first-order valence-corrected chi connectivity index (χ1v) is 6.94. The number of hydrogen-bond acceptors (Lipinski definition) is 4. The van der Waals surface area contributed by atoms with E-state index in [1.54, 1.807) is 17.0 Å². The Kier molecular flexibility index (Phi) is 3.94. The van der Waals surface area contributed by atoms with Crippen molar-refractivity contribution in [3.05, 3.63) is 22.7 Å². The van der Waals surface area contributed by atoms with Crippen molar-refractivity contribution in [1.29, 1.82) is 0 Å². The van der Waals surface area contributed by atoms with Crippen LogP contribution >= 0.6 is 0 Å². The molecule has 19 heavy (non-hydrogen) atoms. The van der Waals surface area contributed by atoms with Crippen LogP contribution in [0.15, 0.2) is 17.2 Å². The third kappa shape index (κ3) is 2.97. The minimum Gasteiger partial charge on any atom is -0.352 e. The summed E-state index contributed by atoms with van der Waals surface area (Å²) in [6.07, 6.45) is 5.61. The Morgan fingerprint density at radius 3 is 2.47 bits per heavy atom. The molecular formula is C14H24N4O. The van der Waals surface area contributed by atoms with E-state index < -0.39 is 0 Å². The Labute approximate surface area is 114 Å². The van der Waals surface area contributed by atoms with Crippen LogP contribution in [-0.2, 0) is 5.54 Å². The molecule has 1 aliphatic rings. The molecule has 0 amide bonds. The van der Waals surface area contributed by atoms with Crippen molar-refractivity contribution < 1.29 is 0 Å². The summed E-state index contributed by atoms with van der Waals surface area (Å²) < 4.78 is 1.76. The summed E-state index contributed by atoms with van der Waals surface area (Å²) in [4.78, 5) is 18.9. The molecule has 1 aromatic heterocycles.